The Hall–Kier alpha value is -2.48. The highest BCUT2D eigenvalue weighted by Gasteiger charge is 2.25. The van der Waals surface area contributed by atoms with Crippen molar-refractivity contribution in [2.45, 2.75) is 38.6 Å². The van der Waals surface area contributed by atoms with Crippen LogP contribution in [0.3, 0.4) is 0 Å². The molecule has 8 heteroatoms. The Morgan fingerprint density at radius 1 is 1.15 bits per heavy atom. The van der Waals surface area contributed by atoms with E-state index in [0.29, 0.717) is 33.4 Å². The summed E-state index contributed by atoms with van der Waals surface area (Å²) >= 11 is 3.28. The number of anilines is 3. The average molecular weight is 431 g/mol. The van der Waals surface area contributed by atoms with Crippen LogP contribution in [0.25, 0.3) is 0 Å². The van der Waals surface area contributed by atoms with E-state index in [9.17, 15) is 4.39 Å². The third-order valence-corrected chi connectivity index (χ3v) is 5.00. The Balaban J connectivity index is 1.50. The van der Waals surface area contributed by atoms with Gasteiger partial charge in [-0.05, 0) is 38.8 Å². The topological polar surface area (TPSA) is 78.5 Å². The number of rotatable bonds is 6. The lowest BCUT2D eigenvalue weighted by Gasteiger charge is -2.17. The van der Waals surface area contributed by atoms with Gasteiger partial charge in [0.15, 0.2) is 5.82 Å². The normalized spacial score (nSPS) is 14.8. The highest BCUT2D eigenvalue weighted by Crippen LogP contribution is 2.39. The van der Waals surface area contributed by atoms with Crippen molar-refractivity contribution >= 4 is 33.4 Å². The van der Waals surface area contributed by atoms with Gasteiger partial charge >= 0.3 is 0 Å². The van der Waals surface area contributed by atoms with Crippen LogP contribution in [0.5, 0.6) is 0 Å². The number of nitrogens with zero attached hydrogens (tertiary/aromatic N) is 3. The lowest BCUT2D eigenvalue weighted by molar-refractivity contribution is 0.599. The Morgan fingerprint density at radius 2 is 1.93 bits per heavy atom. The maximum absolute atomic E-state index is 14.2. The molecule has 3 N–H and O–H groups in total. The van der Waals surface area contributed by atoms with Crippen molar-refractivity contribution in [3.63, 3.8) is 0 Å². The number of aromatic nitrogens is 4. The summed E-state index contributed by atoms with van der Waals surface area (Å²) in [6.07, 6.45) is 2.43. The molecule has 0 spiro atoms. The van der Waals surface area contributed by atoms with Gasteiger partial charge in [-0.2, -0.15) is 5.10 Å². The molecule has 27 heavy (non-hydrogen) atoms. The van der Waals surface area contributed by atoms with Gasteiger partial charge in [0, 0.05) is 33.8 Å². The van der Waals surface area contributed by atoms with Gasteiger partial charge in [0.05, 0.1) is 6.04 Å². The van der Waals surface area contributed by atoms with E-state index >= 15 is 0 Å². The maximum atomic E-state index is 14.2. The molecular weight excluding hydrogens is 411 g/mol. The second-order valence-corrected chi connectivity index (χ2v) is 7.74. The lowest BCUT2D eigenvalue weighted by Crippen LogP contribution is -2.11. The Labute approximate surface area is 165 Å². The molecule has 1 unspecified atom stereocenters. The summed E-state index contributed by atoms with van der Waals surface area (Å²) in [4.78, 5) is 8.82. The highest BCUT2D eigenvalue weighted by molar-refractivity contribution is 9.10. The molecule has 0 radical (unpaired) electrons. The van der Waals surface area contributed by atoms with E-state index in [0.717, 1.165) is 11.5 Å². The zero-order valence-corrected chi connectivity index (χ0v) is 16.6. The summed E-state index contributed by atoms with van der Waals surface area (Å²) in [5, 5.41) is 13.8. The van der Waals surface area contributed by atoms with Crippen LogP contribution in [0.4, 0.5) is 21.8 Å². The molecule has 0 saturated heterocycles. The summed E-state index contributed by atoms with van der Waals surface area (Å²) in [5.74, 6) is 2.95. The van der Waals surface area contributed by atoms with Crippen LogP contribution in [0.15, 0.2) is 34.8 Å². The second-order valence-electron chi connectivity index (χ2n) is 6.83. The molecule has 2 heterocycles. The van der Waals surface area contributed by atoms with Crippen molar-refractivity contribution in [2.75, 3.05) is 10.6 Å². The summed E-state index contributed by atoms with van der Waals surface area (Å²) in [6, 6.07) is 8.61. The fourth-order valence-corrected chi connectivity index (χ4v) is 3.33. The fourth-order valence-electron chi connectivity index (χ4n) is 2.99. The van der Waals surface area contributed by atoms with Gasteiger partial charge < -0.3 is 10.6 Å². The molecule has 1 aromatic carbocycles. The van der Waals surface area contributed by atoms with Crippen molar-refractivity contribution in [1.29, 1.82) is 0 Å². The summed E-state index contributed by atoms with van der Waals surface area (Å²) in [6.45, 7) is 3.72. The number of hydrogen-bond acceptors (Lipinski definition) is 5. The molecule has 1 aliphatic rings. The second kappa shape index (κ2) is 7.26. The number of aryl methyl sites for hydroxylation is 1. The minimum absolute atomic E-state index is 0.243. The minimum atomic E-state index is -0.266. The number of benzene rings is 1. The molecule has 1 saturated carbocycles. The third-order valence-electron chi connectivity index (χ3n) is 4.50. The zero-order valence-electron chi connectivity index (χ0n) is 15.1. The molecule has 3 aromatic rings. The van der Waals surface area contributed by atoms with E-state index in [1.807, 2.05) is 26.0 Å². The van der Waals surface area contributed by atoms with Gasteiger partial charge in [-0.15, -0.1) is 0 Å². The predicted molar refractivity (Wildman–Crippen MR) is 107 cm³/mol. The smallest absolute Gasteiger partial charge is 0.153 e. The van der Waals surface area contributed by atoms with Gasteiger partial charge in [-0.1, -0.05) is 22.0 Å². The van der Waals surface area contributed by atoms with E-state index in [4.69, 9.17) is 0 Å². The fraction of sp³-hybridized carbons (Fsp3) is 0.316. The van der Waals surface area contributed by atoms with Gasteiger partial charge in [-0.3, -0.25) is 5.10 Å². The van der Waals surface area contributed by atoms with Crippen LogP contribution in [0.2, 0.25) is 0 Å². The quantitative estimate of drug-likeness (QED) is 0.500. The van der Waals surface area contributed by atoms with Gasteiger partial charge in [0.1, 0.15) is 23.3 Å². The van der Waals surface area contributed by atoms with Gasteiger partial charge in [0.25, 0.3) is 0 Å². The largest absolute Gasteiger partial charge is 0.363 e. The molecule has 1 aliphatic carbocycles. The standard InChI is InChI=1S/C19H20BrFN6/c1-10(14-6-5-13(20)7-15(14)21)22-17-9-18(24-11(2)23-17)25-19-8-16(26-27-19)12-3-4-12/h5-10,12H,3-4H2,1-2H3,(H3,22,23,24,25,26,27). The lowest BCUT2D eigenvalue weighted by atomic mass is 10.1. The molecule has 140 valence electrons. The van der Waals surface area contributed by atoms with Crippen LogP contribution >= 0.6 is 15.9 Å². The third kappa shape index (κ3) is 4.27. The first kappa shape index (κ1) is 17.9. The van der Waals surface area contributed by atoms with Crippen LogP contribution in [0.1, 0.15) is 48.8 Å². The highest BCUT2D eigenvalue weighted by atomic mass is 79.9. The van der Waals surface area contributed by atoms with Crippen LogP contribution in [-0.4, -0.2) is 20.2 Å². The van der Waals surface area contributed by atoms with E-state index in [2.05, 4.69) is 46.7 Å². The monoisotopic (exact) mass is 430 g/mol. The molecule has 4 rings (SSSR count). The first-order valence-corrected chi connectivity index (χ1v) is 9.67. The van der Waals surface area contributed by atoms with Gasteiger partial charge in [0.2, 0.25) is 0 Å². The van der Waals surface area contributed by atoms with Crippen LogP contribution in [0, 0.1) is 12.7 Å². The van der Waals surface area contributed by atoms with Crippen molar-refractivity contribution in [2.24, 2.45) is 0 Å². The number of aromatic amines is 1. The van der Waals surface area contributed by atoms with Crippen molar-refractivity contribution < 1.29 is 4.39 Å². The Morgan fingerprint density at radius 3 is 2.67 bits per heavy atom. The zero-order chi connectivity index (χ0) is 19.0. The summed E-state index contributed by atoms with van der Waals surface area (Å²) in [7, 11) is 0. The van der Waals surface area contributed by atoms with E-state index < -0.39 is 0 Å². The van der Waals surface area contributed by atoms with Crippen molar-refractivity contribution in [3.8, 4) is 0 Å². The first-order chi connectivity index (χ1) is 13.0. The predicted octanol–water partition coefficient (Wildman–Crippen LogP) is 5.20. The van der Waals surface area contributed by atoms with Crippen molar-refractivity contribution in [1.82, 2.24) is 20.2 Å². The van der Waals surface area contributed by atoms with E-state index in [-0.39, 0.29) is 11.9 Å². The molecule has 6 nitrogen and oxygen atoms in total. The Bertz CT molecular complexity index is 969. The number of H-pyrrole nitrogens is 1. The molecule has 0 aliphatic heterocycles. The number of nitrogens with one attached hydrogen (secondary N) is 3. The number of halogens is 2. The molecule has 0 amide bonds. The molecule has 0 bridgehead atoms. The van der Waals surface area contributed by atoms with Crippen LogP contribution in [-0.2, 0) is 0 Å². The molecule has 1 atom stereocenters. The maximum Gasteiger partial charge on any atom is 0.153 e. The molecular formula is C19H20BrFN6. The first-order valence-electron chi connectivity index (χ1n) is 8.87. The van der Waals surface area contributed by atoms with Gasteiger partial charge in [-0.25, -0.2) is 14.4 Å². The van der Waals surface area contributed by atoms with E-state index in [1.165, 1.54) is 18.9 Å². The van der Waals surface area contributed by atoms with Crippen molar-refractivity contribution in [3.05, 3.63) is 57.7 Å². The molecule has 2 aromatic heterocycles. The SMILES string of the molecule is Cc1nc(Nc2cc(C3CC3)[nH]n2)cc(NC(C)c2ccc(Br)cc2F)n1. The van der Waals surface area contributed by atoms with Crippen LogP contribution < -0.4 is 10.6 Å². The summed E-state index contributed by atoms with van der Waals surface area (Å²) < 4.78 is 14.9. The van der Waals surface area contributed by atoms with E-state index in [1.54, 1.807) is 12.1 Å². The molecule has 1 fully saturated rings. The number of hydrogen-bond donors (Lipinski definition) is 3. The Kier molecular flexibility index (Phi) is 4.82. The average Bonchev–Trinajstić information content (AvgIpc) is 3.34. The summed E-state index contributed by atoms with van der Waals surface area (Å²) in [5.41, 5.74) is 1.73. The minimum Gasteiger partial charge on any atom is -0.363 e.